The van der Waals surface area contributed by atoms with E-state index in [0.29, 0.717) is 12.5 Å². The number of hydrogen-bond acceptors (Lipinski definition) is 4. The van der Waals surface area contributed by atoms with Crippen LogP contribution in [0.5, 0.6) is 0 Å². The van der Waals surface area contributed by atoms with Gasteiger partial charge in [-0.2, -0.15) is 0 Å². The number of ether oxygens (including phenoxy) is 2. The molecule has 0 aliphatic carbocycles. The average molecular weight is 363 g/mol. The Morgan fingerprint density at radius 3 is 3.04 bits per heavy atom. The van der Waals surface area contributed by atoms with Crippen molar-refractivity contribution in [3.05, 3.63) is 66.1 Å². The second-order valence-corrected chi connectivity index (χ2v) is 7.74. The lowest BCUT2D eigenvalue weighted by Crippen LogP contribution is -2.64. The summed E-state index contributed by atoms with van der Waals surface area (Å²) in [7, 11) is 0. The van der Waals surface area contributed by atoms with E-state index >= 15 is 0 Å². The van der Waals surface area contributed by atoms with E-state index in [1.54, 1.807) is 0 Å². The number of aromatic amines is 1. The second-order valence-electron chi connectivity index (χ2n) is 7.74. The third kappa shape index (κ3) is 3.27. The molecule has 2 saturated heterocycles. The number of aromatic nitrogens is 2. The average Bonchev–Trinajstić information content (AvgIpc) is 3.30. The summed E-state index contributed by atoms with van der Waals surface area (Å²) in [4.78, 5) is 10.1. The molecule has 5 heteroatoms. The van der Waals surface area contributed by atoms with Crippen molar-refractivity contribution in [1.29, 1.82) is 0 Å². The van der Waals surface area contributed by atoms with Crippen molar-refractivity contribution < 1.29 is 9.47 Å². The van der Waals surface area contributed by atoms with Crippen LogP contribution in [0.25, 0.3) is 10.9 Å². The van der Waals surface area contributed by atoms with Crippen LogP contribution in [0.4, 0.5) is 0 Å². The summed E-state index contributed by atoms with van der Waals surface area (Å²) >= 11 is 0. The summed E-state index contributed by atoms with van der Waals surface area (Å²) in [6.07, 6.45) is 4.91. The smallest absolute Gasteiger partial charge is 0.0985 e. The minimum absolute atomic E-state index is 0.0177. The number of likely N-dealkylation sites (tertiary alicyclic amines) is 1. The Bertz CT molecular complexity index is 902. The van der Waals surface area contributed by atoms with Gasteiger partial charge in [-0.1, -0.05) is 18.2 Å². The Balaban J connectivity index is 1.17. The maximum Gasteiger partial charge on any atom is 0.0985 e. The first-order valence-corrected chi connectivity index (χ1v) is 9.71. The monoisotopic (exact) mass is 363 g/mol. The molecule has 5 rings (SSSR count). The molecular formula is C22H25N3O2. The summed E-state index contributed by atoms with van der Waals surface area (Å²) in [5.74, 6) is 0.473. The van der Waals surface area contributed by atoms with E-state index in [-0.39, 0.29) is 5.60 Å². The predicted molar refractivity (Wildman–Crippen MR) is 104 cm³/mol. The summed E-state index contributed by atoms with van der Waals surface area (Å²) < 4.78 is 12.2. The van der Waals surface area contributed by atoms with E-state index in [2.05, 4.69) is 39.1 Å². The number of benzene rings is 1. The normalized spacial score (nSPS) is 21.7. The van der Waals surface area contributed by atoms with Crippen molar-refractivity contribution in [2.45, 2.75) is 25.2 Å². The SMILES string of the molecule is c1ccc(COC[C@@H]2CCOC23CN(Cc2cccc4[nH]ccc24)C3)nc1. The minimum atomic E-state index is -0.0177. The fourth-order valence-corrected chi connectivity index (χ4v) is 4.51. The molecule has 0 bridgehead atoms. The van der Waals surface area contributed by atoms with Gasteiger partial charge in [0.2, 0.25) is 0 Å². The summed E-state index contributed by atoms with van der Waals surface area (Å²) in [5, 5.41) is 1.32. The molecule has 0 radical (unpaired) electrons. The van der Waals surface area contributed by atoms with Crippen molar-refractivity contribution in [3.63, 3.8) is 0 Å². The lowest BCUT2D eigenvalue weighted by Gasteiger charge is -2.50. The van der Waals surface area contributed by atoms with E-state index < -0.39 is 0 Å². The van der Waals surface area contributed by atoms with E-state index in [4.69, 9.17) is 9.47 Å². The lowest BCUT2D eigenvalue weighted by molar-refractivity contribution is -0.146. The molecule has 140 valence electrons. The summed E-state index contributed by atoms with van der Waals surface area (Å²) in [6.45, 7) is 5.13. The zero-order chi connectivity index (χ0) is 18.1. The lowest BCUT2D eigenvalue weighted by atomic mass is 9.81. The van der Waals surface area contributed by atoms with Crippen LogP contribution in [0.2, 0.25) is 0 Å². The molecule has 0 saturated carbocycles. The van der Waals surface area contributed by atoms with E-state index in [1.807, 2.05) is 30.6 Å². The van der Waals surface area contributed by atoms with Crippen LogP contribution in [0.3, 0.4) is 0 Å². The Kier molecular flexibility index (Phi) is 4.44. The van der Waals surface area contributed by atoms with Gasteiger partial charge in [-0.15, -0.1) is 0 Å². The summed E-state index contributed by atoms with van der Waals surface area (Å²) in [6, 6.07) is 14.6. The number of fused-ring (bicyclic) bond motifs is 1. The van der Waals surface area contributed by atoms with Gasteiger partial charge in [-0.25, -0.2) is 0 Å². The summed E-state index contributed by atoms with van der Waals surface area (Å²) in [5.41, 5.74) is 3.56. The fraction of sp³-hybridized carbons (Fsp3) is 0.409. The molecule has 2 aromatic heterocycles. The molecule has 2 fully saturated rings. The van der Waals surface area contributed by atoms with Gasteiger partial charge in [-0.3, -0.25) is 9.88 Å². The van der Waals surface area contributed by atoms with Crippen LogP contribution in [0.15, 0.2) is 54.9 Å². The highest BCUT2D eigenvalue weighted by Crippen LogP contribution is 2.41. The number of rotatable bonds is 6. The standard InChI is InChI=1S/C22H25N3O2/c1-2-9-23-19(5-1)14-26-13-18-8-11-27-22(18)15-25(16-22)12-17-4-3-6-21-20(17)7-10-24-21/h1-7,9-10,18,24H,8,11-16H2/t18-/m0/s1. The van der Waals surface area contributed by atoms with Crippen molar-refractivity contribution in [2.24, 2.45) is 5.92 Å². The van der Waals surface area contributed by atoms with E-state index in [0.717, 1.165) is 45.0 Å². The van der Waals surface area contributed by atoms with Gasteiger partial charge in [0.25, 0.3) is 0 Å². The molecule has 2 aliphatic rings. The van der Waals surface area contributed by atoms with Crippen LogP contribution in [-0.4, -0.2) is 46.8 Å². The van der Waals surface area contributed by atoms with E-state index in [1.165, 1.54) is 16.5 Å². The topological polar surface area (TPSA) is 50.4 Å². The van der Waals surface area contributed by atoms with Crippen molar-refractivity contribution in [2.75, 3.05) is 26.3 Å². The fourth-order valence-electron chi connectivity index (χ4n) is 4.51. The molecule has 1 aromatic carbocycles. The van der Waals surface area contributed by atoms with Gasteiger partial charge in [0.1, 0.15) is 0 Å². The van der Waals surface area contributed by atoms with Crippen LogP contribution in [-0.2, 0) is 22.6 Å². The second kappa shape index (κ2) is 7.08. The highest BCUT2D eigenvalue weighted by molar-refractivity contribution is 5.82. The number of hydrogen-bond donors (Lipinski definition) is 1. The van der Waals surface area contributed by atoms with Crippen LogP contribution in [0.1, 0.15) is 17.7 Å². The van der Waals surface area contributed by atoms with Crippen molar-refractivity contribution >= 4 is 10.9 Å². The van der Waals surface area contributed by atoms with Gasteiger partial charge in [0, 0.05) is 55.5 Å². The molecule has 0 unspecified atom stereocenters. The zero-order valence-electron chi connectivity index (χ0n) is 15.4. The Hall–Kier alpha value is -2.21. The predicted octanol–water partition coefficient (Wildman–Crippen LogP) is 3.37. The zero-order valence-corrected chi connectivity index (χ0v) is 15.4. The first kappa shape index (κ1) is 16.9. The number of H-pyrrole nitrogens is 1. The van der Waals surface area contributed by atoms with Crippen LogP contribution < -0.4 is 0 Å². The largest absolute Gasteiger partial charge is 0.375 e. The molecular weight excluding hydrogens is 338 g/mol. The molecule has 27 heavy (non-hydrogen) atoms. The number of nitrogens with one attached hydrogen (secondary N) is 1. The Morgan fingerprint density at radius 2 is 2.15 bits per heavy atom. The molecule has 2 aliphatic heterocycles. The van der Waals surface area contributed by atoms with Crippen LogP contribution >= 0.6 is 0 Å². The van der Waals surface area contributed by atoms with Gasteiger partial charge in [0.05, 0.1) is 24.5 Å². The Morgan fingerprint density at radius 1 is 1.19 bits per heavy atom. The van der Waals surface area contributed by atoms with Crippen molar-refractivity contribution in [1.82, 2.24) is 14.9 Å². The highest BCUT2D eigenvalue weighted by atomic mass is 16.5. The molecule has 1 atom stereocenters. The third-order valence-electron chi connectivity index (χ3n) is 5.96. The molecule has 5 nitrogen and oxygen atoms in total. The maximum atomic E-state index is 6.19. The minimum Gasteiger partial charge on any atom is -0.375 e. The van der Waals surface area contributed by atoms with Gasteiger partial charge in [-0.05, 0) is 36.2 Å². The molecule has 0 amide bonds. The molecule has 3 aromatic rings. The van der Waals surface area contributed by atoms with Gasteiger partial charge in [0.15, 0.2) is 0 Å². The van der Waals surface area contributed by atoms with Gasteiger partial charge >= 0.3 is 0 Å². The first-order valence-electron chi connectivity index (χ1n) is 9.71. The first-order chi connectivity index (χ1) is 13.3. The molecule has 4 heterocycles. The van der Waals surface area contributed by atoms with Crippen LogP contribution in [0, 0.1) is 5.92 Å². The highest BCUT2D eigenvalue weighted by Gasteiger charge is 2.52. The number of nitrogens with zero attached hydrogens (tertiary/aromatic N) is 2. The Labute approximate surface area is 159 Å². The quantitative estimate of drug-likeness (QED) is 0.730. The number of pyridine rings is 1. The molecule has 1 spiro atoms. The molecule has 1 N–H and O–H groups in total. The van der Waals surface area contributed by atoms with Gasteiger partial charge < -0.3 is 14.5 Å². The maximum absolute atomic E-state index is 6.19. The van der Waals surface area contributed by atoms with E-state index in [9.17, 15) is 0 Å². The third-order valence-corrected chi connectivity index (χ3v) is 5.96. The van der Waals surface area contributed by atoms with Crippen molar-refractivity contribution in [3.8, 4) is 0 Å².